The Morgan fingerprint density at radius 3 is 2.90 bits per heavy atom. The normalized spacial score (nSPS) is 25.0. The van der Waals surface area contributed by atoms with Gasteiger partial charge in [-0.1, -0.05) is 42.3 Å². The number of likely N-dealkylation sites (tertiary alicyclic amines) is 1. The van der Waals surface area contributed by atoms with Gasteiger partial charge in [-0.15, -0.1) is 0 Å². The molecule has 1 aromatic carbocycles. The van der Waals surface area contributed by atoms with Gasteiger partial charge in [-0.3, -0.25) is 0 Å². The predicted octanol–water partition coefficient (Wildman–Crippen LogP) is 3.74. The summed E-state index contributed by atoms with van der Waals surface area (Å²) in [6, 6.07) is 5.55. The lowest BCUT2D eigenvalue weighted by atomic mass is 9.95. The van der Waals surface area contributed by atoms with E-state index in [9.17, 15) is 0 Å². The lowest BCUT2D eigenvalue weighted by Crippen LogP contribution is -2.44. The van der Waals surface area contributed by atoms with E-state index in [0.29, 0.717) is 22.1 Å². The zero-order chi connectivity index (χ0) is 15.4. The Kier molecular flexibility index (Phi) is 6.33. The van der Waals surface area contributed by atoms with E-state index >= 15 is 0 Å². The number of hydrogen-bond donors (Lipinski definition) is 1. The van der Waals surface area contributed by atoms with E-state index in [2.05, 4.69) is 11.8 Å². The van der Waals surface area contributed by atoms with Crippen LogP contribution in [0.3, 0.4) is 0 Å². The van der Waals surface area contributed by atoms with Crippen molar-refractivity contribution in [2.75, 3.05) is 26.7 Å². The Labute approximate surface area is 137 Å². The van der Waals surface area contributed by atoms with E-state index in [4.69, 9.17) is 33.7 Å². The van der Waals surface area contributed by atoms with E-state index < -0.39 is 0 Å². The van der Waals surface area contributed by atoms with Crippen LogP contribution in [0.5, 0.6) is 0 Å². The lowest BCUT2D eigenvalue weighted by molar-refractivity contribution is -0.00555. The zero-order valence-electron chi connectivity index (χ0n) is 12.7. The molecule has 118 valence electrons. The van der Waals surface area contributed by atoms with Crippen molar-refractivity contribution in [1.29, 1.82) is 0 Å². The van der Waals surface area contributed by atoms with Crippen LogP contribution in [0, 0.1) is 5.92 Å². The van der Waals surface area contributed by atoms with Crippen molar-refractivity contribution in [2.45, 2.75) is 31.9 Å². The van der Waals surface area contributed by atoms with Crippen molar-refractivity contribution in [1.82, 2.24) is 4.90 Å². The van der Waals surface area contributed by atoms with Crippen molar-refractivity contribution in [2.24, 2.45) is 11.7 Å². The van der Waals surface area contributed by atoms with E-state index in [1.54, 1.807) is 13.2 Å². The standard InChI is InChI=1S/C16H24Cl2N2O/c1-11-6-8-20(10-15(11)21-2)9-7-14(19)12-4-3-5-13(17)16(12)18/h3-5,11,14-15H,6-10,19H2,1-2H3. The monoisotopic (exact) mass is 330 g/mol. The van der Waals surface area contributed by atoms with Gasteiger partial charge in [-0.2, -0.15) is 0 Å². The summed E-state index contributed by atoms with van der Waals surface area (Å²) in [4.78, 5) is 2.42. The second-order valence-corrected chi connectivity index (χ2v) is 6.66. The molecule has 0 bridgehead atoms. The first-order chi connectivity index (χ1) is 10.0. The van der Waals surface area contributed by atoms with E-state index in [1.807, 2.05) is 12.1 Å². The van der Waals surface area contributed by atoms with Crippen LogP contribution in [0.15, 0.2) is 18.2 Å². The smallest absolute Gasteiger partial charge is 0.0724 e. The fraction of sp³-hybridized carbons (Fsp3) is 0.625. The highest BCUT2D eigenvalue weighted by molar-refractivity contribution is 6.42. The average molecular weight is 331 g/mol. The molecule has 0 aliphatic carbocycles. The van der Waals surface area contributed by atoms with Gasteiger partial charge >= 0.3 is 0 Å². The minimum atomic E-state index is -0.0865. The number of hydrogen-bond acceptors (Lipinski definition) is 3. The first-order valence-corrected chi connectivity index (χ1v) is 8.23. The topological polar surface area (TPSA) is 38.5 Å². The number of ether oxygens (including phenoxy) is 1. The fourth-order valence-corrected chi connectivity index (χ4v) is 3.34. The van der Waals surface area contributed by atoms with Crippen molar-refractivity contribution in [3.8, 4) is 0 Å². The molecular weight excluding hydrogens is 307 g/mol. The third-order valence-corrected chi connectivity index (χ3v) is 5.25. The molecule has 1 saturated heterocycles. The van der Waals surface area contributed by atoms with Crippen LogP contribution in [0.4, 0.5) is 0 Å². The Morgan fingerprint density at radius 1 is 1.43 bits per heavy atom. The molecule has 0 radical (unpaired) electrons. The average Bonchev–Trinajstić information content (AvgIpc) is 2.49. The summed E-state index contributed by atoms with van der Waals surface area (Å²) in [6.45, 7) is 5.30. The minimum Gasteiger partial charge on any atom is -0.380 e. The number of halogens is 2. The van der Waals surface area contributed by atoms with Gasteiger partial charge < -0.3 is 15.4 Å². The zero-order valence-corrected chi connectivity index (χ0v) is 14.2. The van der Waals surface area contributed by atoms with Crippen LogP contribution in [0.1, 0.15) is 31.4 Å². The van der Waals surface area contributed by atoms with Crippen molar-refractivity contribution in [3.05, 3.63) is 33.8 Å². The molecule has 5 heteroatoms. The summed E-state index contributed by atoms with van der Waals surface area (Å²) in [7, 11) is 1.79. The second kappa shape index (κ2) is 7.80. The minimum absolute atomic E-state index is 0.0865. The summed E-state index contributed by atoms with van der Waals surface area (Å²) in [5.41, 5.74) is 7.20. The number of nitrogens with two attached hydrogens (primary N) is 1. The van der Waals surface area contributed by atoms with Gasteiger partial charge in [-0.05, 0) is 36.9 Å². The summed E-state index contributed by atoms with van der Waals surface area (Å²) in [6.07, 6.45) is 2.36. The molecule has 0 saturated carbocycles. The first kappa shape index (κ1) is 17.0. The SMILES string of the molecule is COC1CN(CCC(N)c2cccc(Cl)c2Cl)CCC1C. The summed E-state index contributed by atoms with van der Waals surface area (Å²) in [5, 5.41) is 1.14. The van der Waals surface area contributed by atoms with Crippen molar-refractivity contribution >= 4 is 23.2 Å². The van der Waals surface area contributed by atoms with Crippen LogP contribution < -0.4 is 5.73 Å². The summed E-state index contributed by atoms with van der Waals surface area (Å²) < 4.78 is 5.55. The molecule has 2 rings (SSSR count). The Morgan fingerprint density at radius 2 is 2.19 bits per heavy atom. The molecule has 1 fully saturated rings. The van der Waals surface area contributed by atoms with Crippen LogP contribution in [-0.4, -0.2) is 37.7 Å². The molecule has 3 nitrogen and oxygen atoms in total. The second-order valence-electron chi connectivity index (χ2n) is 5.88. The van der Waals surface area contributed by atoms with E-state index in [-0.39, 0.29) is 6.04 Å². The van der Waals surface area contributed by atoms with Crippen LogP contribution in [0.25, 0.3) is 0 Å². The largest absolute Gasteiger partial charge is 0.380 e. The highest BCUT2D eigenvalue weighted by atomic mass is 35.5. The Balaban J connectivity index is 1.89. The van der Waals surface area contributed by atoms with Gasteiger partial charge in [-0.25, -0.2) is 0 Å². The number of nitrogens with zero attached hydrogens (tertiary/aromatic N) is 1. The third kappa shape index (κ3) is 4.33. The molecule has 21 heavy (non-hydrogen) atoms. The summed E-state index contributed by atoms with van der Waals surface area (Å²) in [5.74, 6) is 0.627. The van der Waals surface area contributed by atoms with Crippen LogP contribution in [-0.2, 0) is 4.74 Å². The fourth-order valence-electron chi connectivity index (χ4n) is 2.89. The van der Waals surface area contributed by atoms with E-state index in [1.165, 1.54) is 6.42 Å². The summed E-state index contributed by atoms with van der Waals surface area (Å²) >= 11 is 12.3. The van der Waals surface area contributed by atoms with Crippen LogP contribution >= 0.6 is 23.2 Å². The number of methoxy groups -OCH3 is 1. The first-order valence-electron chi connectivity index (χ1n) is 7.47. The highest BCUT2D eigenvalue weighted by Crippen LogP contribution is 2.30. The number of rotatable bonds is 5. The van der Waals surface area contributed by atoms with Gasteiger partial charge in [0.1, 0.15) is 0 Å². The molecule has 2 N–H and O–H groups in total. The number of piperidine rings is 1. The van der Waals surface area contributed by atoms with Gasteiger partial charge in [0, 0.05) is 26.2 Å². The highest BCUT2D eigenvalue weighted by Gasteiger charge is 2.26. The molecule has 0 aromatic heterocycles. The molecule has 1 aromatic rings. The maximum absolute atomic E-state index is 6.28. The predicted molar refractivity (Wildman–Crippen MR) is 89.0 cm³/mol. The molecular formula is C16H24Cl2N2O. The molecule has 1 aliphatic rings. The molecule has 3 unspecified atom stereocenters. The molecule has 0 spiro atoms. The van der Waals surface area contributed by atoms with Crippen LogP contribution in [0.2, 0.25) is 10.0 Å². The van der Waals surface area contributed by atoms with Crippen molar-refractivity contribution < 1.29 is 4.74 Å². The third-order valence-electron chi connectivity index (χ3n) is 4.41. The maximum atomic E-state index is 6.28. The van der Waals surface area contributed by atoms with Gasteiger partial charge in [0.2, 0.25) is 0 Å². The molecule has 1 heterocycles. The Bertz CT molecular complexity index is 470. The van der Waals surface area contributed by atoms with Gasteiger partial charge in [0.05, 0.1) is 16.1 Å². The number of benzene rings is 1. The quantitative estimate of drug-likeness (QED) is 0.893. The van der Waals surface area contributed by atoms with E-state index in [0.717, 1.165) is 31.6 Å². The van der Waals surface area contributed by atoms with Gasteiger partial charge in [0.25, 0.3) is 0 Å². The molecule has 3 atom stereocenters. The molecule has 1 aliphatic heterocycles. The van der Waals surface area contributed by atoms with Gasteiger partial charge in [0.15, 0.2) is 0 Å². The lowest BCUT2D eigenvalue weighted by Gasteiger charge is -2.36. The van der Waals surface area contributed by atoms with Crippen molar-refractivity contribution in [3.63, 3.8) is 0 Å². The molecule has 0 amide bonds. The Hall–Kier alpha value is -0.320. The maximum Gasteiger partial charge on any atom is 0.0724 e.